The van der Waals surface area contributed by atoms with Crippen LogP contribution in [0.5, 0.6) is 0 Å². The van der Waals surface area contributed by atoms with E-state index in [1.165, 1.54) is 18.3 Å². The van der Waals surface area contributed by atoms with Crippen LogP contribution in [0.3, 0.4) is 0 Å². The number of halogens is 3. The average Bonchev–Trinajstić information content (AvgIpc) is 2.61. The molecular formula is C17H17F3N4. The SMILES string of the molecule is FC(F)(F)c1ccccc1C=NN1CCN(c2ccccn2)CC1. The lowest BCUT2D eigenvalue weighted by Gasteiger charge is -2.33. The Morgan fingerprint density at radius 2 is 1.67 bits per heavy atom. The molecule has 0 atom stereocenters. The van der Waals surface area contributed by atoms with Crippen molar-refractivity contribution in [3.63, 3.8) is 0 Å². The molecule has 7 heteroatoms. The molecule has 1 aliphatic heterocycles. The second-order valence-corrected chi connectivity index (χ2v) is 5.46. The molecule has 24 heavy (non-hydrogen) atoms. The molecule has 4 nitrogen and oxygen atoms in total. The Morgan fingerprint density at radius 1 is 0.958 bits per heavy atom. The van der Waals surface area contributed by atoms with Crippen molar-refractivity contribution in [3.8, 4) is 0 Å². The van der Waals surface area contributed by atoms with Gasteiger partial charge in [-0.3, -0.25) is 5.01 Å². The van der Waals surface area contributed by atoms with Gasteiger partial charge in [-0.1, -0.05) is 24.3 Å². The standard InChI is InChI=1S/C17H17F3N4/c18-17(19,20)15-6-2-1-5-14(15)13-22-24-11-9-23(10-12-24)16-7-3-4-8-21-16/h1-8,13H,9-12H2. The van der Waals surface area contributed by atoms with Crippen LogP contribution in [0.25, 0.3) is 0 Å². The summed E-state index contributed by atoms with van der Waals surface area (Å²) in [5.41, 5.74) is -0.585. The van der Waals surface area contributed by atoms with Crippen molar-refractivity contribution in [2.45, 2.75) is 6.18 Å². The molecular weight excluding hydrogens is 317 g/mol. The molecule has 0 saturated carbocycles. The lowest BCUT2D eigenvalue weighted by Crippen LogP contribution is -2.44. The van der Waals surface area contributed by atoms with Gasteiger partial charge in [0.05, 0.1) is 24.9 Å². The highest BCUT2D eigenvalue weighted by atomic mass is 19.4. The van der Waals surface area contributed by atoms with E-state index >= 15 is 0 Å². The van der Waals surface area contributed by atoms with Gasteiger partial charge in [-0.15, -0.1) is 0 Å². The van der Waals surface area contributed by atoms with Crippen molar-refractivity contribution < 1.29 is 13.2 Å². The Kier molecular flexibility index (Phi) is 4.69. The van der Waals surface area contributed by atoms with Crippen LogP contribution in [0.1, 0.15) is 11.1 Å². The maximum atomic E-state index is 13.0. The van der Waals surface area contributed by atoms with Crippen LogP contribution in [0.4, 0.5) is 19.0 Å². The number of piperazine rings is 1. The number of rotatable bonds is 3. The molecule has 0 N–H and O–H groups in total. The minimum Gasteiger partial charge on any atom is -0.353 e. The first-order valence-electron chi connectivity index (χ1n) is 7.65. The summed E-state index contributed by atoms with van der Waals surface area (Å²) in [5.74, 6) is 0.906. The molecule has 1 saturated heterocycles. The van der Waals surface area contributed by atoms with E-state index in [2.05, 4.69) is 15.0 Å². The molecule has 0 unspecified atom stereocenters. The van der Waals surface area contributed by atoms with Crippen molar-refractivity contribution in [2.24, 2.45) is 5.10 Å². The summed E-state index contributed by atoms with van der Waals surface area (Å²) in [4.78, 5) is 6.44. The average molecular weight is 334 g/mol. The number of anilines is 1. The molecule has 126 valence electrons. The largest absolute Gasteiger partial charge is 0.417 e. The molecule has 0 spiro atoms. The molecule has 2 aromatic rings. The summed E-state index contributed by atoms with van der Waals surface area (Å²) >= 11 is 0. The van der Waals surface area contributed by atoms with Crippen molar-refractivity contribution in [2.75, 3.05) is 31.1 Å². The van der Waals surface area contributed by atoms with Crippen LogP contribution in [-0.4, -0.2) is 42.4 Å². The van der Waals surface area contributed by atoms with Gasteiger partial charge in [0.2, 0.25) is 0 Å². The summed E-state index contributed by atoms with van der Waals surface area (Å²) in [6.07, 6.45) is -1.34. The third-order valence-electron chi connectivity index (χ3n) is 3.86. The van der Waals surface area contributed by atoms with Crippen molar-refractivity contribution in [3.05, 3.63) is 59.8 Å². The highest BCUT2D eigenvalue weighted by Gasteiger charge is 2.32. The summed E-state index contributed by atoms with van der Waals surface area (Å²) in [5, 5.41) is 6.00. The predicted octanol–water partition coefficient (Wildman–Crippen LogP) is 3.26. The molecule has 3 rings (SSSR count). The summed E-state index contributed by atoms with van der Waals surface area (Å²) < 4.78 is 38.9. The Labute approximate surface area is 138 Å². The lowest BCUT2D eigenvalue weighted by atomic mass is 10.1. The second-order valence-electron chi connectivity index (χ2n) is 5.46. The Balaban J connectivity index is 1.64. The first-order chi connectivity index (χ1) is 11.5. The molecule has 0 bridgehead atoms. The zero-order chi connectivity index (χ0) is 17.0. The van der Waals surface area contributed by atoms with Crippen molar-refractivity contribution in [1.29, 1.82) is 0 Å². The first-order valence-corrected chi connectivity index (χ1v) is 7.65. The molecule has 1 aromatic carbocycles. The number of alkyl halides is 3. The molecule has 1 aliphatic rings. The minimum absolute atomic E-state index is 0.0807. The highest BCUT2D eigenvalue weighted by molar-refractivity contribution is 5.81. The summed E-state index contributed by atoms with van der Waals surface area (Å²) in [6, 6.07) is 11.2. The van der Waals surface area contributed by atoms with E-state index in [-0.39, 0.29) is 5.56 Å². The van der Waals surface area contributed by atoms with Gasteiger partial charge >= 0.3 is 6.18 Å². The number of benzene rings is 1. The van der Waals surface area contributed by atoms with Crippen LogP contribution >= 0.6 is 0 Å². The number of nitrogens with zero attached hydrogens (tertiary/aromatic N) is 4. The maximum Gasteiger partial charge on any atom is 0.417 e. The monoisotopic (exact) mass is 334 g/mol. The van der Waals surface area contributed by atoms with Gasteiger partial charge in [0, 0.05) is 24.8 Å². The van der Waals surface area contributed by atoms with Gasteiger partial charge < -0.3 is 4.90 Å². The van der Waals surface area contributed by atoms with Crippen LogP contribution in [0.2, 0.25) is 0 Å². The van der Waals surface area contributed by atoms with E-state index in [9.17, 15) is 13.2 Å². The van der Waals surface area contributed by atoms with Gasteiger partial charge in [-0.2, -0.15) is 18.3 Å². The first kappa shape index (κ1) is 16.3. The van der Waals surface area contributed by atoms with E-state index in [0.717, 1.165) is 25.0 Å². The maximum absolute atomic E-state index is 13.0. The normalized spacial score (nSPS) is 16.0. The number of pyridine rings is 1. The van der Waals surface area contributed by atoms with Crippen LogP contribution in [0.15, 0.2) is 53.8 Å². The van der Waals surface area contributed by atoms with Gasteiger partial charge in [0.15, 0.2) is 0 Å². The fourth-order valence-electron chi connectivity index (χ4n) is 2.59. The zero-order valence-electron chi connectivity index (χ0n) is 12.9. The van der Waals surface area contributed by atoms with Gasteiger partial charge in [-0.25, -0.2) is 4.98 Å². The Morgan fingerprint density at radius 3 is 2.33 bits per heavy atom. The van der Waals surface area contributed by atoms with E-state index in [4.69, 9.17) is 0 Å². The minimum atomic E-state index is -4.37. The predicted molar refractivity (Wildman–Crippen MR) is 87.1 cm³/mol. The topological polar surface area (TPSA) is 31.7 Å². The lowest BCUT2D eigenvalue weighted by molar-refractivity contribution is -0.137. The number of hydrogen-bond acceptors (Lipinski definition) is 4. The molecule has 1 fully saturated rings. The number of aromatic nitrogens is 1. The second kappa shape index (κ2) is 6.90. The van der Waals surface area contributed by atoms with Crippen molar-refractivity contribution in [1.82, 2.24) is 9.99 Å². The number of hydrazone groups is 1. The highest BCUT2D eigenvalue weighted by Crippen LogP contribution is 2.31. The Bertz CT molecular complexity index is 692. The van der Waals surface area contributed by atoms with Crippen molar-refractivity contribution >= 4 is 12.0 Å². The molecule has 1 aromatic heterocycles. The molecule has 0 aliphatic carbocycles. The third kappa shape index (κ3) is 3.84. The van der Waals surface area contributed by atoms with E-state index in [1.54, 1.807) is 17.3 Å². The van der Waals surface area contributed by atoms with E-state index in [0.29, 0.717) is 13.1 Å². The van der Waals surface area contributed by atoms with Crippen LogP contribution < -0.4 is 4.90 Å². The number of hydrogen-bond donors (Lipinski definition) is 0. The summed E-state index contributed by atoms with van der Waals surface area (Å²) in [6.45, 7) is 2.74. The quantitative estimate of drug-likeness (QED) is 0.808. The summed E-state index contributed by atoms with van der Waals surface area (Å²) in [7, 11) is 0. The van der Waals surface area contributed by atoms with Gasteiger partial charge in [0.1, 0.15) is 5.82 Å². The molecule has 2 heterocycles. The Hall–Kier alpha value is -2.57. The fourth-order valence-corrected chi connectivity index (χ4v) is 2.59. The van der Waals surface area contributed by atoms with Crippen LogP contribution in [-0.2, 0) is 6.18 Å². The molecule has 0 radical (unpaired) electrons. The third-order valence-corrected chi connectivity index (χ3v) is 3.86. The van der Waals surface area contributed by atoms with Gasteiger partial charge in [-0.05, 0) is 18.2 Å². The molecule has 0 amide bonds. The van der Waals surface area contributed by atoms with E-state index < -0.39 is 11.7 Å². The van der Waals surface area contributed by atoms with E-state index in [1.807, 2.05) is 18.2 Å². The fraction of sp³-hybridized carbons (Fsp3) is 0.294. The smallest absolute Gasteiger partial charge is 0.353 e. The van der Waals surface area contributed by atoms with Gasteiger partial charge in [0.25, 0.3) is 0 Å². The van der Waals surface area contributed by atoms with Crippen LogP contribution in [0, 0.1) is 0 Å². The zero-order valence-corrected chi connectivity index (χ0v) is 12.9.